The highest BCUT2D eigenvalue weighted by Crippen LogP contribution is 2.50. The van der Waals surface area contributed by atoms with Crippen LogP contribution in [0.25, 0.3) is 0 Å². The van der Waals surface area contributed by atoms with Crippen LogP contribution in [-0.2, 0) is 6.54 Å². The molecule has 0 aliphatic heterocycles. The molecular weight excluding hydrogens is 238 g/mol. The van der Waals surface area contributed by atoms with E-state index in [4.69, 9.17) is 0 Å². The van der Waals surface area contributed by atoms with Crippen molar-refractivity contribution in [2.75, 3.05) is 0 Å². The van der Waals surface area contributed by atoms with Crippen LogP contribution in [0.3, 0.4) is 0 Å². The van der Waals surface area contributed by atoms with Crippen molar-refractivity contribution in [1.29, 1.82) is 5.26 Å². The molecule has 1 aromatic heterocycles. The quantitative estimate of drug-likeness (QED) is 0.886. The Labute approximate surface area is 115 Å². The summed E-state index contributed by atoms with van der Waals surface area (Å²) in [6.45, 7) is 5.03. The Morgan fingerprint density at radius 2 is 2.42 bits per heavy atom. The summed E-state index contributed by atoms with van der Waals surface area (Å²) in [6.07, 6.45) is 5.69. The minimum atomic E-state index is -0.719. The van der Waals surface area contributed by atoms with Crippen LogP contribution in [0.15, 0.2) is 12.3 Å². The predicted octanol–water partition coefficient (Wildman–Crippen LogP) is 3.05. The van der Waals surface area contributed by atoms with Crippen molar-refractivity contribution in [3.05, 3.63) is 18.0 Å². The van der Waals surface area contributed by atoms with Gasteiger partial charge in [0.25, 0.3) is 0 Å². The SMILES string of the molecule is CCCn1nccc1C(O)C1(C#N)CCC(CC)C1. The highest BCUT2D eigenvalue weighted by atomic mass is 16.3. The second kappa shape index (κ2) is 5.75. The molecule has 1 saturated carbocycles. The topological polar surface area (TPSA) is 61.8 Å². The van der Waals surface area contributed by atoms with E-state index in [1.54, 1.807) is 6.20 Å². The molecule has 0 aromatic carbocycles. The van der Waals surface area contributed by atoms with Crippen LogP contribution in [-0.4, -0.2) is 14.9 Å². The van der Waals surface area contributed by atoms with Gasteiger partial charge in [0.1, 0.15) is 6.10 Å². The van der Waals surface area contributed by atoms with Gasteiger partial charge >= 0.3 is 0 Å². The van der Waals surface area contributed by atoms with Crippen molar-refractivity contribution in [2.45, 2.75) is 58.6 Å². The summed E-state index contributed by atoms with van der Waals surface area (Å²) >= 11 is 0. The standard InChI is InChI=1S/C15H23N3O/c1-3-9-18-13(6-8-17-18)14(19)15(11-16)7-5-12(4-2)10-15/h6,8,12,14,19H,3-5,7,9-10H2,1-2H3. The molecule has 3 unspecified atom stereocenters. The number of hydrogen-bond acceptors (Lipinski definition) is 3. The van der Waals surface area contributed by atoms with Crippen LogP contribution in [0, 0.1) is 22.7 Å². The van der Waals surface area contributed by atoms with Crippen LogP contribution in [0.5, 0.6) is 0 Å². The lowest BCUT2D eigenvalue weighted by Crippen LogP contribution is -2.27. The van der Waals surface area contributed by atoms with E-state index in [2.05, 4.69) is 25.0 Å². The second-order valence-corrected chi connectivity index (χ2v) is 5.67. The Morgan fingerprint density at radius 3 is 3.00 bits per heavy atom. The molecule has 0 bridgehead atoms. The molecule has 1 aromatic rings. The summed E-state index contributed by atoms with van der Waals surface area (Å²) < 4.78 is 1.84. The summed E-state index contributed by atoms with van der Waals surface area (Å²) in [4.78, 5) is 0. The molecule has 2 rings (SSSR count). The van der Waals surface area contributed by atoms with Gasteiger partial charge in [-0.15, -0.1) is 0 Å². The van der Waals surface area contributed by atoms with Crippen molar-refractivity contribution in [1.82, 2.24) is 9.78 Å². The fourth-order valence-electron chi connectivity index (χ4n) is 3.20. The van der Waals surface area contributed by atoms with Crippen LogP contribution in [0.2, 0.25) is 0 Å². The van der Waals surface area contributed by atoms with Gasteiger partial charge in [0.05, 0.1) is 17.2 Å². The van der Waals surface area contributed by atoms with E-state index in [0.29, 0.717) is 5.92 Å². The molecular formula is C15H23N3O. The van der Waals surface area contributed by atoms with Crippen LogP contribution in [0.1, 0.15) is 57.7 Å². The number of aryl methyl sites for hydroxylation is 1. The number of rotatable bonds is 5. The summed E-state index contributed by atoms with van der Waals surface area (Å²) in [6, 6.07) is 4.25. The normalized spacial score (nSPS) is 28.2. The van der Waals surface area contributed by atoms with E-state index in [1.165, 1.54) is 0 Å². The van der Waals surface area contributed by atoms with E-state index in [-0.39, 0.29) is 0 Å². The van der Waals surface area contributed by atoms with Gasteiger partial charge in [0.15, 0.2) is 0 Å². The van der Waals surface area contributed by atoms with Gasteiger partial charge in [-0.05, 0) is 37.7 Å². The zero-order chi connectivity index (χ0) is 13.9. The van der Waals surface area contributed by atoms with Crippen molar-refractivity contribution in [2.24, 2.45) is 11.3 Å². The lowest BCUT2D eigenvalue weighted by molar-refractivity contribution is 0.0560. The van der Waals surface area contributed by atoms with Crippen molar-refractivity contribution in [3.63, 3.8) is 0 Å². The first kappa shape index (κ1) is 14.1. The molecule has 0 spiro atoms. The van der Waals surface area contributed by atoms with E-state index < -0.39 is 11.5 Å². The Morgan fingerprint density at radius 1 is 1.63 bits per heavy atom. The largest absolute Gasteiger partial charge is 0.385 e. The average Bonchev–Trinajstić information content (AvgIpc) is 3.05. The van der Waals surface area contributed by atoms with Crippen molar-refractivity contribution >= 4 is 0 Å². The predicted molar refractivity (Wildman–Crippen MR) is 73.2 cm³/mol. The smallest absolute Gasteiger partial charge is 0.114 e. The van der Waals surface area contributed by atoms with Crippen molar-refractivity contribution < 1.29 is 5.11 Å². The first-order valence-electron chi connectivity index (χ1n) is 7.28. The number of aromatic nitrogens is 2. The van der Waals surface area contributed by atoms with Gasteiger partial charge < -0.3 is 5.11 Å². The Kier molecular flexibility index (Phi) is 4.26. The Balaban J connectivity index is 2.24. The second-order valence-electron chi connectivity index (χ2n) is 5.67. The first-order valence-corrected chi connectivity index (χ1v) is 7.28. The fraction of sp³-hybridized carbons (Fsp3) is 0.733. The molecule has 1 aliphatic carbocycles. The Hall–Kier alpha value is -1.34. The molecule has 1 aliphatic rings. The summed E-state index contributed by atoms with van der Waals surface area (Å²) in [7, 11) is 0. The molecule has 1 heterocycles. The summed E-state index contributed by atoms with van der Waals surface area (Å²) in [5, 5.41) is 24.5. The number of aliphatic hydroxyl groups excluding tert-OH is 1. The number of nitrogens with zero attached hydrogens (tertiary/aromatic N) is 3. The Bertz CT molecular complexity index is 462. The van der Waals surface area contributed by atoms with Gasteiger partial charge in [0, 0.05) is 12.7 Å². The maximum absolute atomic E-state index is 10.7. The van der Waals surface area contributed by atoms with Crippen LogP contribution in [0.4, 0.5) is 0 Å². The van der Waals surface area contributed by atoms with Gasteiger partial charge in [-0.2, -0.15) is 10.4 Å². The molecule has 0 amide bonds. The van der Waals surface area contributed by atoms with Gasteiger partial charge in [0.2, 0.25) is 0 Å². The zero-order valence-corrected chi connectivity index (χ0v) is 11.8. The van der Waals surface area contributed by atoms with E-state index in [0.717, 1.165) is 44.3 Å². The maximum atomic E-state index is 10.7. The highest BCUT2D eigenvalue weighted by molar-refractivity contribution is 5.17. The van der Waals surface area contributed by atoms with Gasteiger partial charge in [-0.1, -0.05) is 20.3 Å². The third-order valence-corrected chi connectivity index (χ3v) is 4.44. The molecule has 4 heteroatoms. The lowest BCUT2D eigenvalue weighted by Gasteiger charge is -2.28. The lowest BCUT2D eigenvalue weighted by atomic mass is 9.79. The van der Waals surface area contributed by atoms with Crippen LogP contribution >= 0.6 is 0 Å². The number of aliphatic hydroxyl groups is 1. The van der Waals surface area contributed by atoms with Gasteiger partial charge in [-0.25, -0.2) is 0 Å². The number of hydrogen-bond donors (Lipinski definition) is 1. The summed E-state index contributed by atoms with van der Waals surface area (Å²) in [5.74, 6) is 0.567. The zero-order valence-electron chi connectivity index (χ0n) is 11.8. The van der Waals surface area contributed by atoms with Crippen LogP contribution < -0.4 is 0 Å². The van der Waals surface area contributed by atoms with Gasteiger partial charge in [-0.3, -0.25) is 4.68 Å². The number of nitriles is 1. The highest BCUT2D eigenvalue weighted by Gasteiger charge is 2.46. The molecule has 1 fully saturated rings. The van der Waals surface area contributed by atoms with E-state index >= 15 is 0 Å². The molecule has 19 heavy (non-hydrogen) atoms. The summed E-state index contributed by atoms with van der Waals surface area (Å²) in [5.41, 5.74) is 0.173. The molecule has 1 N–H and O–H groups in total. The van der Waals surface area contributed by atoms with E-state index in [9.17, 15) is 10.4 Å². The molecule has 4 nitrogen and oxygen atoms in total. The average molecular weight is 261 g/mol. The minimum Gasteiger partial charge on any atom is -0.385 e. The third-order valence-electron chi connectivity index (χ3n) is 4.44. The minimum absolute atomic E-state index is 0.567. The molecule has 0 saturated heterocycles. The molecule has 0 radical (unpaired) electrons. The third kappa shape index (κ3) is 2.52. The first-order chi connectivity index (χ1) is 9.16. The molecule has 3 atom stereocenters. The molecule has 104 valence electrons. The fourth-order valence-corrected chi connectivity index (χ4v) is 3.20. The van der Waals surface area contributed by atoms with Crippen molar-refractivity contribution in [3.8, 4) is 6.07 Å². The maximum Gasteiger partial charge on any atom is 0.114 e. The van der Waals surface area contributed by atoms with E-state index in [1.807, 2.05) is 10.7 Å². The monoisotopic (exact) mass is 261 g/mol.